The van der Waals surface area contributed by atoms with E-state index in [9.17, 15) is 10.2 Å². The topological polar surface area (TPSA) is 58.9 Å². The molecule has 0 saturated carbocycles. The minimum Gasteiger partial charge on any atom is -0.390 e. The van der Waals surface area contributed by atoms with Crippen molar-refractivity contribution in [1.82, 2.24) is 0 Å². The fourth-order valence-electron chi connectivity index (χ4n) is 1.18. The second kappa shape index (κ2) is 3.49. The largest absolute Gasteiger partial charge is 0.390 e. The van der Waals surface area contributed by atoms with Gasteiger partial charge < -0.3 is 19.7 Å². The summed E-state index contributed by atoms with van der Waals surface area (Å²) in [6.07, 6.45) is -1.93. The average Bonchev–Trinajstić information content (AvgIpc) is 1.99. The maximum atomic E-state index is 9.24. The van der Waals surface area contributed by atoms with E-state index in [1.807, 2.05) is 0 Å². The predicted octanol–water partition coefficient (Wildman–Crippen LogP) is -0.510. The number of ether oxygens (including phenoxy) is 2. The number of aliphatic hydroxyl groups excluding tert-OH is 2. The molecule has 0 bridgehead atoms. The third-order valence-electron chi connectivity index (χ3n) is 1.94. The zero-order chi connectivity index (χ0) is 8.43. The van der Waals surface area contributed by atoms with Crippen LogP contribution in [0.15, 0.2) is 0 Å². The number of rotatable bonds is 1. The van der Waals surface area contributed by atoms with Gasteiger partial charge in [-0.25, -0.2) is 0 Å². The van der Waals surface area contributed by atoms with Gasteiger partial charge in [-0.05, 0) is 6.92 Å². The standard InChI is InChI=1S/C7H14O4/c1-4-7(9)5(8)3-6(10-2)11-4/h4-9H,3H2,1-2H3/t4-,5-,6?,7+/m1/s1. The van der Waals surface area contributed by atoms with Gasteiger partial charge in [0.05, 0.1) is 12.2 Å². The minimum absolute atomic E-state index is 0.335. The highest BCUT2D eigenvalue weighted by Crippen LogP contribution is 2.19. The lowest BCUT2D eigenvalue weighted by Gasteiger charge is -2.34. The molecule has 0 spiro atoms. The van der Waals surface area contributed by atoms with Crippen molar-refractivity contribution in [2.24, 2.45) is 0 Å². The molecule has 66 valence electrons. The monoisotopic (exact) mass is 162 g/mol. The Morgan fingerprint density at radius 1 is 1.45 bits per heavy atom. The molecule has 1 rings (SSSR count). The van der Waals surface area contributed by atoms with Gasteiger partial charge in [-0.1, -0.05) is 0 Å². The Morgan fingerprint density at radius 3 is 2.55 bits per heavy atom. The Hall–Kier alpha value is -0.160. The lowest BCUT2D eigenvalue weighted by molar-refractivity contribution is -0.237. The van der Waals surface area contributed by atoms with Crippen LogP contribution in [0.1, 0.15) is 13.3 Å². The average molecular weight is 162 g/mol. The van der Waals surface area contributed by atoms with E-state index < -0.39 is 12.2 Å². The van der Waals surface area contributed by atoms with Gasteiger partial charge in [0.25, 0.3) is 0 Å². The molecule has 4 nitrogen and oxygen atoms in total. The lowest BCUT2D eigenvalue weighted by atomic mass is 10.0. The molecule has 4 heteroatoms. The van der Waals surface area contributed by atoms with E-state index in [-0.39, 0.29) is 12.4 Å². The summed E-state index contributed by atoms with van der Waals surface area (Å²) in [6.45, 7) is 1.71. The first-order chi connectivity index (χ1) is 5.15. The lowest BCUT2D eigenvalue weighted by Crippen LogP contribution is -2.47. The molecule has 0 aromatic carbocycles. The summed E-state index contributed by atoms with van der Waals surface area (Å²) in [7, 11) is 1.52. The SMILES string of the molecule is COC1C[C@@H](O)[C@@H](O)[C@@H](C)O1. The summed E-state index contributed by atoms with van der Waals surface area (Å²) >= 11 is 0. The van der Waals surface area contributed by atoms with Gasteiger partial charge in [-0.3, -0.25) is 0 Å². The van der Waals surface area contributed by atoms with Crippen molar-refractivity contribution in [3.63, 3.8) is 0 Å². The van der Waals surface area contributed by atoms with Crippen molar-refractivity contribution in [3.05, 3.63) is 0 Å². The second-order valence-corrected chi connectivity index (χ2v) is 2.80. The van der Waals surface area contributed by atoms with Crippen LogP contribution < -0.4 is 0 Å². The van der Waals surface area contributed by atoms with Crippen LogP contribution in [0.3, 0.4) is 0 Å². The van der Waals surface area contributed by atoms with E-state index in [4.69, 9.17) is 9.47 Å². The first kappa shape index (κ1) is 8.93. The molecule has 1 aliphatic rings. The molecule has 11 heavy (non-hydrogen) atoms. The van der Waals surface area contributed by atoms with Crippen LogP contribution in [0.4, 0.5) is 0 Å². The third kappa shape index (κ3) is 1.90. The minimum atomic E-state index is -0.790. The van der Waals surface area contributed by atoms with E-state index >= 15 is 0 Å². The van der Waals surface area contributed by atoms with Crippen molar-refractivity contribution in [3.8, 4) is 0 Å². The van der Waals surface area contributed by atoms with Crippen molar-refractivity contribution in [2.45, 2.75) is 37.9 Å². The molecule has 1 unspecified atom stereocenters. The van der Waals surface area contributed by atoms with Gasteiger partial charge in [-0.15, -0.1) is 0 Å². The molecule has 0 aromatic heterocycles. The zero-order valence-electron chi connectivity index (χ0n) is 6.73. The number of hydrogen-bond acceptors (Lipinski definition) is 4. The maximum absolute atomic E-state index is 9.24. The van der Waals surface area contributed by atoms with Crippen LogP contribution in [0, 0.1) is 0 Å². The fraction of sp³-hybridized carbons (Fsp3) is 1.00. The summed E-state index contributed by atoms with van der Waals surface area (Å²) in [4.78, 5) is 0. The van der Waals surface area contributed by atoms with Crippen LogP contribution in [0.2, 0.25) is 0 Å². The number of aliphatic hydroxyl groups is 2. The summed E-state index contributed by atoms with van der Waals surface area (Å²) in [5, 5.41) is 18.5. The fourth-order valence-corrected chi connectivity index (χ4v) is 1.18. The van der Waals surface area contributed by atoms with Crippen LogP contribution in [0.25, 0.3) is 0 Å². The third-order valence-corrected chi connectivity index (χ3v) is 1.94. The normalized spacial score (nSPS) is 45.8. The molecule has 0 aliphatic carbocycles. The highest BCUT2D eigenvalue weighted by atomic mass is 16.7. The molecular formula is C7H14O4. The van der Waals surface area contributed by atoms with Crippen molar-refractivity contribution in [1.29, 1.82) is 0 Å². The van der Waals surface area contributed by atoms with Gasteiger partial charge in [0.2, 0.25) is 0 Å². The van der Waals surface area contributed by atoms with Crippen molar-refractivity contribution in [2.75, 3.05) is 7.11 Å². The molecule has 1 saturated heterocycles. The van der Waals surface area contributed by atoms with E-state index in [0.29, 0.717) is 6.42 Å². The van der Waals surface area contributed by atoms with E-state index in [1.54, 1.807) is 6.92 Å². The molecule has 0 radical (unpaired) electrons. The highest BCUT2D eigenvalue weighted by molar-refractivity contribution is 4.79. The van der Waals surface area contributed by atoms with Gasteiger partial charge >= 0.3 is 0 Å². The van der Waals surface area contributed by atoms with Crippen LogP contribution in [-0.4, -0.2) is 41.9 Å². The van der Waals surface area contributed by atoms with E-state index in [0.717, 1.165) is 0 Å². The molecule has 2 N–H and O–H groups in total. The Kier molecular flexibility index (Phi) is 2.84. The zero-order valence-corrected chi connectivity index (χ0v) is 6.73. The molecule has 1 fully saturated rings. The van der Waals surface area contributed by atoms with Crippen LogP contribution >= 0.6 is 0 Å². The first-order valence-corrected chi connectivity index (χ1v) is 3.69. The van der Waals surface area contributed by atoms with Gasteiger partial charge in [-0.2, -0.15) is 0 Å². The number of hydrogen-bond donors (Lipinski definition) is 2. The summed E-state index contributed by atoms with van der Waals surface area (Å²) < 4.78 is 10.1. The van der Waals surface area contributed by atoms with Crippen LogP contribution in [-0.2, 0) is 9.47 Å². The molecule has 0 aromatic rings. The Bertz CT molecular complexity index is 116. The summed E-state index contributed by atoms with van der Waals surface area (Å²) in [5.74, 6) is 0. The van der Waals surface area contributed by atoms with Crippen molar-refractivity contribution < 1.29 is 19.7 Å². The summed E-state index contributed by atoms with van der Waals surface area (Å²) in [6, 6.07) is 0. The molecular weight excluding hydrogens is 148 g/mol. The molecule has 4 atom stereocenters. The van der Waals surface area contributed by atoms with Gasteiger partial charge in [0, 0.05) is 13.5 Å². The summed E-state index contributed by atoms with van der Waals surface area (Å²) in [5.41, 5.74) is 0. The smallest absolute Gasteiger partial charge is 0.160 e. The predicted molar refractivity (Wildman–Crippen MR) is 38.0 cm³/mol. The molecule has 1 heterocycles. The van der Waals surface area contributed by atoms with Crippen LogP contribution in [0.5, 0.6) is 0 Å². The first-order valence-electron chi connectivity index (χ1n) is 3.69. The molecule has 0 amide bonds. The highest BCUT2D eigenvalue weighted by Gasteiger charge is 2.33. The number of methoxy groups -OCH3 is 1. The Morgan fingerprint density at radius 2 is 2.09 bits per heavy atom. The second-order valence-electron chi connectivity index (χ2n) is 2.80. The molecule has 1 aliphatic heterocycles. The van der Waals surface area contributed by atoms with Gasteiger partial charge in [0.1, 0.15) is 6.10 Å². The van der Waals surface area contributed by atoms with Gasteiger partial charge in [0.15, 0.2) is 6.29 Å². The van der Waals surface area contributed by atoms with Crippen molar-refractivity contribution >= 4 is 0 Å². The Labute approximate surface area is 65.7 Å². The maximum Gasteiger partial charge on any atom is 0.160 e. The Balaban J connectivity index is 2.47. The van der Waals surface area contributed by atoms with E-state index in [1.165, 1.54) is 7.11 Å². The van der Waals surface area contributed by atoms with E-state index in [2.05, 4.69) is 0 Å². The quantitative estimate of drug-likeness (QED) is 0.545.